The number of halogens is 1. The third kappa shape index (κ3) is 3.29. The zero-order valence-corrected chi connectivity index (χ0v) is 10.3. The number of hydrogen-bond acceptors (Lipinski definition) is 3. The van der Waals surface area contributed by atoms with Crippen molar-refractivity contribution in [1.29, 1.82) is 0 Å². The number of carbonyl (C=O) groups excluding carboxylic acids is 1. The van der Waals surface area contributed by atoms with Gasteiger partial charge < -0.3 is 15.7 Å². The molecule has 1 aliphatic heterocycles. The third-order valence-corrected chi connectivity index (χ3v) is 3.18. The molecule has 102 valence electrons. The Balaban J connectivity index is 2.06. The minimum atomic E-state index is -1.20. The van der Waals surface area contributed by atoms with Crippen LogP contribution in [0, 0.1) is 11.7 Å². The lowest BCUT2D eigenvalue weighted by atomic mass is 9.97. The van der Waals surface area contributed by atoms with Crippen LogP contribution >= 0.6 is 0 Å². The van der Waals surface area contributed by atoms with E-state index in [1.807, 2.05) is 0 Å². The van der Waals surface area contributed by atoms with Crippen LogP contribution in [0.1, 0.15) is 23.2 Å². The van der Waals surface area contributed by atoms with Crippen molar-refractivity contribution in [3.8, 4) is 0 Å². The van der Waals surface area contributed by atoms with Gasteiger partial charge in [-0.2, -0.15) is 0 Å². The van der Waals surface area contributed by atoms with Crippen molar-refractivity contribution in [3.63, 3.8) is 0 Å². The van der Waals surface area contributed by atoms with E-state index in [1.54, 1.807) is 0 Å². The molecule has 3 N–H and O–H groups in total. The molecule has 0 unspecified atom stereocenters. The van der Waals surface area contributed by atoms with Crippen LogP contribution in [0.3, 0.4) is 0 Å². The summed E-state index contributed by atoms with van der Waals surface area (Å²) in [5.41, 5.74) is -0.120. The number of carboxylic acid groups (broad SMARTS) is 1. The van der Waals surface area contributed by atoms with Gasteiger partial charge in [-0.25, -0.2) is 9.18 Å². The van der Waals surface area contributed by atoms with Gasteiger partial charge in [-0.15, -0.1) is 0 Å². The fourth-order valence-corrected chi connectivity index (χ4v) is 2.07. The van der Waals surface area contributed by atoms with Crippen molar-refractivity contribution in [2.45, 2.75) is 12.8 Å². The largest absolute Gasteiger partial charge is 0.478 e. The van der Waals surface area contributed by atoms with E-state index in [1.165, 1.54) is 12.1 Å². The van der Waals surface area contributed by atoms with Gasteiger partial charge in [0.15, 0.2) is 0 Å². The van der Waals surface area contributed by atoms with E-state index >= 15 is 0 Å². The Morgan fingerprint density at radius 1 is 1.32 bits per heavy atom. The van der Waals surface area contributed by atoms with Crippen LogP contribution < -0.4 is 10.6 Å². The monoisotopic (exact) mass is 266 g/mol. The first-order valence-corrected chi connectivity index (χ1v) is 6.12. The van der Waals surface area contributed by atoms with E-state index in [9.17, 15) is 14.0 Å². The molecule has 0 saturated carbocycles. The van der Waals surface area contributed by atoms with Crippen LogP contribution in [0.5, 0.6) is 0 Å². The number of carbonyl (C=O) groups is 2. The van der Waals surface area contributed by atoms with Gasteiger partial charge in [0.2, 0.25) is 5.91 Å². The van der Waals surface area contributed by atoms with Gasteiger partial charge in [-0.1, -0.05) is 0 Å². The molecule has 1 aromatic rings. The highest BCUT2D eigenvalue weighted by molar-refractivity contribution is 5.94. The normalized spacial score (nSPS) is 16.1. The summed E-state index contributed by atoms with van der Waals surface area (Å²) >= 11 is 0. The van der Waals surface area contributed by atoms with Crippen molar-refractivity contribution in [1.82, 2.24) is 5.32 Å². The maximum absolute atomic E-state index is 13.6. The summed E-state index contributed by atoms with van der Waals surface area (Å²) in [5, 5.41) is 14.4. The average Bonchev–Trinajstić information content (AvgIpc) is 2.41. The molecule has 1 heterocycles. The van der Waals surface area contributed by atoms with Crippen LogP contribution in [0.15, 0.2) is 18.2 Å². The van der Waals surface area contributed by atoms with Crippen molar-refractivity contribution < 1.29 is 19.1 Å². The lowest BCUT2D eigenvalue weighted by molar-refractivity contribution is -0.120. The molecule has 2 rings (SSSR count). The van der Waals surface area contributed by atoms with Crippen molar-refractivity contribution >= 4 is 17.6 Å². The number of piperidine rings is 1. The molecule has 1 fully saturated rings. The molecule has 0 radical (unpaired) electrons. The predicted octanol–water partition coefficient (Wildman–Crippen LogP) is 1.46. The van der Waals surface area contributed by atoms with Crippen molar-refractivity contribution in [3.05, 3.63) is 29.6 Å². The molecule has 5 nitrogen and oxygen atoms in total. The molecule has 0 aliphatic carbocycles. The second kappa shape index (κ2) is 5.79. The standard InChI is InChI=1S/C13H15FN2O3/c14-10-7-9(13(18)19)1-2-11(10)16-12(17)8-3-5-15-6-4-8/h1-2,7-8,15H,3-6H2,(H,16,17)(H,18,19). The minimum absolute atomic E-state index is 0.0218. The summed E-state index contributed by atoms with van der Waals surface area (Å²) in [5.74, 6) is -2.28. The van der Waals surface area contributed by atoms with Gasteiger partial charge in [0.25, 0.3) is 0 Å². The Morgan fingerprint density at radius 2 is 2.00 bits per heavy atom. The summed E-state index contributed by atoms with van der Waals surface area (Å²) in [6.07, 6.45) is 1.45. The Bertz CT molecular complexity index is 499. The first-order chi connectivity index (χ1) is 9.08. The number of anilines is 1. The molecule has 6 heteroatoms. The van der Waals surface area contributed by atoms with Gasteiger partial charge in [0.1, 0.15) is 5.82 Å². The van der Waals surface area contributed by atoms with Crippen LogP contribution in [0.4, 0.5) is 10.1 Å². The van der Waals surface area contributed by atoms with Crippen LogP contribution in [0.25, 0.3) is 0 Å². The molecule has 0 atom stereocenters. The van der Waals surface area contributed by atoms with E-state index in [-0.39, 0.29) is 23.1 Å². The van der Waals surface area contributed by atoms with Crippen LogP contribution in [-0.2, 0) is 4.79 Å². The average molecular weight is 266 g/mol. The number of carboxylic acids is 1. The highest BCUT2D eigenvalue weighted by Gasteiger charge is 2.21. The smallest absolute Gasteiger partial charge is 0.335 e. The quantitative estimate of drug-likeness (QED) is 0.774. The topological polar surface area (TPSA) is 78.4 Å². The van der Waals surface area contributed by atoms with E-state index in [0.29, 0.717) is 0 Å². The van der Waals surface area contributed by atoms with E-state index in [4.69, 9.17) is 5.11 Å². The number of nitrogens with one attached hydrogen (secondary N) is 2. The predicted molar refractivity (Wildman–Crippen MR) is 67.6 cm³/mol. The van der Waals surface area contributed by atoms with Crippen LogP contribution in [0.2, 0.25) is 0 Å². The van der Waals surface area contributed by atoms with Crippen molar-refractivity contribution in [2.75, 3.05) is 18.4 Å². The summed E-state index contributed by atoms with van der Waals surface area (Å²) in [6, 6.07) is 3.45. The molecule has 1 saturated heterocycles. The molecular weight excluding hydrogens is 251 g/mol. The minimum Gasteiger partial charge on any atom is -0.478 e. The zero-order valence-electron chi connectivity index (χ0n) is 10.3. The fourth-order valence-electron chi connectivity index (χ4n) is 2.07. The number of rotatable bonds is 3. The Morgan fingerprint density at radius 3 is 2.58 bits per heavy atom. The SMILES string of the molecule is O=C(O)c1ccc(NC(=O)C2CCNCC2)c(F)c1. The first kappa shape index (κ1) is 13.5. The molecular formula is C13H15FN2O3. The van der Waals surface area contributed by atoms with Gasteiger partial charge >= 0.3 is 5.97 Å². The number of aromatic carboxylic acids is 1. The second-order valence-electron chi connectivity index (χ2n) is 4.51. The van der Waals surface area contributed by atoms with E-state index < -0.39 is 11.8 Å². The Kier molecular flexibility index (Phi) is 4.11. The zero-order chi connectivity index (χ0) is 13.8. The van der Waals surface area contributed by atoms with Gasteiger partial charge in [-0.05, 0) is 44.1 Å². The molecule has 0 bridgehead atoms. The van der Waals surface area contributed by atoms with Gasteiger partial charge in [-0.3, -0.25) is 4.79 Å². The van der Waals surface area contributed by atoms with E-state index in [0.717, 1.165) is 32.0 Å². The summed E-state index contributed by atoms with van der Waals surface area (Å²) in [7, 11) is 0. The van der Waals surface area contributed by atoms with E-state index in [2.05, 4.69) is 10.6 Å². The summed E-state index contributed by atoms with van der Waals surface area (Å²) < 4.78 is 13.6. The highest BCUT2D eigenvalue weighted by Crippen LogP contribution is 2.19. The molecule has 1 aromatic carbocycles. The maximum atomic E-state index is 13.6. The van der Waals surface area contributed by atoms with Gasteiger partial charge in [0, 0.05) is 5.92 Å². The van der Waals surface area contributed by atoms with Crippen molar-refractivity contribution in [2.24, 2.45) is 5.92 Å². The van der Waals surface area contributed by atoms with Crippen LogP contribution in [-0.4, -0.2) is 30.1 Å². The van der Waals surface area contributed by atoms with Gasteiger partial charge in [0.05, 0.1) is 11.3 Å². The summed E-state index contributed by atoms with van der Waals surface area (Å²) in [4.78, 5) is 22.6. The highest BCUT2D eigenvalue weighted by atomic mass is 19.1. The third-order valence-electron chi connectivity index (χ3n) is 3.18. The molecule has 1 amide bonds. The molecule has 0 spiro atoms. The molecule has 0 aromatic heterocycles. The Hall–Kier alpha value is -1.95. The lowest BCUT2D eigenvalue weighted by Crippen LogP contribution is -2.34. The maximum Gasteiger partial charge on any atom is 0.335 e. The molecule has 19 heavy (non-hydrogen) atoms. The molecule has 1 aliphatic rings. The second-order valence-corrected chi connectivity index (χ2v) is 4.51. The first-order valence-electron chi connectivity index (χ1n) is 6.12. The Labute approximate surface area is 109 Å². The lowest BCUT2D eigenvalue weighted by Gasteiger charge is -2.21. The summed E-state index contributed by atoms with van der Waals surface area (Å²) in [6.45, 7) is 1.55. The number of amides is 1. The number of hydrogen-bond donors (Lipinski definition) is 3. The fraction of sp³-hybridized carbons (Fsp3) is 0.385. The number of benzene rings is 1.